The van der Waals surface area contributed by atoms with E-state index >= 15 is 0 Å². The van der Waals surface area contributed by atoms with Gasteiger partial charge in [-0.1, -0.05) is 11.6 Å². The third-order valence-corrected chi connectivity index (χ3v) is 2.97. The zero-order valence-corrected chi connectivity index (χ0v) is 10.3. The molecule has 1 N–H and O–H groups in total. The highest BCUT2D eigenvalue weighted by atomic mass is 35.5. The maximum atomic E-state index is 5.72. The van der Waals surface area contributed by atoms with Gasteiger partial charge in [-0.05, 0) is 0 Å². The lowest BCUT2D eigenvalue weighted by Gasteiger charge is -1.99. The van der Waals surface area contributed by atoms with Crippen LogP contribution in [0.2, 0.25) is 5.15 Å². The zero-order chi connectivity index (χ0) is 11.4. The van der Waals surface area contributed by atoms with Crippen molar-refractivity contribution in [2.75, 3.05) is 19.0 Å². The average molecular weight is 259 g/mol. The molecule has 0 unspecified atom stereocenters. The number of anilines is 2. The number of thiazole rings is 1. The summed E-state index contributed by atoms with van der Waals surface area (Å²) < 4.78 is 6.77. The van der Waals surface area contributed by atoms with Gasteiger partial charge in [0.25, 0.3) is 0 Å². The van der Waals surface area contributed by atoms with Crippen molar-refractivity contribution in [1.29, 1.82) is 0 Å². The summed E-state index contributed by atoms with van der Waals surface area (Å²) >= 11 is 7.18. The molecule has 0 atom stereocenters. The van der Waals surface area contributed by atoms with Gasteiger partial charge in [0.1, 0.15) is 5.15 Å². The molecule has 0 radical (unpaired) electrons. The Labute approximate surface area is 102 Å². The topological polar surface area (TPSA) is 52.0 Å². The van der Waals surface area contributed by atoms with Gasteiger partial charge in [0.05, 0.1) is 25.0 Å². The Morgan fingerprint density at radius 3 is 3.19 bits per heavy atom. The van der Waals surface area contributed by atoms with Gasteiger partial charge in [0.15, 0.2) is 5.13 Å². The number of hydrogen-bond acceptors (Lipinski definition) is 5. The molecule has 5 nitrogen and oxygen atoms in total. The van der Waals surface area contributed by atoms with E-state index in [0.29, 0.717) is 11.8 Å². The lowest BCUT2D eigenvalue weighted by Crippen LogP contribution is -2.03. The van der Waals surface area contributed by atoms with Gasteiger partial charge in [-0.15, -0.1) is 11.3 Å². The van der Waals surface area contributed by atoms with Crippen LogP contribution in [0.25, 0.3) is 0 Å². The van der Waals surface area contributed by atoms with E-state index < -0.39 is 0 Å². The van der Waals surface area contributed by atoms with E-state index in [9.17, 15) is 0 Å². The first-order valence-electron chi connectivity index (χ1n) is 4.67. The quantitative estimate of drug-likeness (QED) is 0.895. The Kier molecular flexibility index (Phi) is 3.76. The summed E-state index contributed by atoms with van der Waals surface area (Å²) in [6, 6.07) is 0. The first-order chi connectivity index (χ1) is 7.78. The molecule has 2 heterocycles. The predicted molar refractivity (Wildman–Crippen MR) is 64.5 cm³/mol. The lowest BCUT2D eigenvalue weighted by molar-refractivity contribution is 0.183. The molecule has 0 aliphatic heterocycles. The van der Waals surface area contributed by atoms with E-state index in [0.717, 1.165) is 17.4 Å². The van der Waals surface area contributed by atoms with Crippen molar-refractivity contribution < 1.29 is 4.74 Å². The van der Waals surface area contributed by atoms with Gasteiger partial charge in [-0.2, -0.15) is 5.10 Å². The Bertz CT molecular complexity index is 456. The Morgan fingerprint density at radius 1 is 1.62 bits per heavy atom. The number of ether oxygens (including phenoxy) is 1. The molecule has 7 heteroatoms. The van der Waals surface area contributed by atoms with Gasteiger partial charge in [-0.25, -0.2) is 4.98 Å². The van der Waals surface area contributed by atoms with Crippen molar-refractivity contribution in [3.05, 3.63) is 22.9 Å². The van der Waals surface area contributed by atoms with E-state index in [-0.39, 0.29) is 0 Å². The molecule has 2 rings (SSSR count). The Morgan fingerprint density at radius 2 is 2.50 bits per heavy atom. The number of rotatable bonds is 5. The fourth-order valence-electron chi connectivity index (χ4n) is 1.17. The summed E-state index contributed by atoms with van der Waals surface area (Å²) in [4.78, 5) is 4.09. The average Bonchev–Trinajstić information content (AvgIpc) is 2.86. The summed E-state index contributed by atoms with van der Waals surface area (Å²) in [5.74, 6) is 0. The fourth-order valence-corrected chi connectivity index (χ4v) is 2.03. The largest absolute Gasteiger partial charge is 0.383 e. The summed E-state index contributed by atoms with van der Waals surface area (Å²) in [7, 11) is 1.67. The monoisotopic (exact) mass is 258 g/mol. The number of methoxy groups -OCH3 is 1. The van der Waals surface area contributed by atoms with Crippen molar-refractivity contribution >= 4 is 33.8 Å². The van der Waals surface area contributed by atoms with Crippen LogP contribution in [0.15, 0.2) is 17.8 Å². The second-order valence-electron chi connectivity index (χ2n) is 3.09. The predicted octanol–water partition coefficient (Wildman–Crippen LogP) is 2.38. The van der Waals surface area contributed by atoms with Crippen LogP contribution in [-0.4, -0.2) is 28.5 Å². The van der Waals surface area contributed by atoms with Crippen LogP contribution in [0.5, 0.6) is 0 Å². The number of halogens is 1. The van der Waals surface area contributed by atoms with Crippen LogP contribution < -0.4 is 5.32 Å². The minimum Gasteiger partial charge on any atom is -0.383 e. The molecule has 0 aliphatic rings. The summed E-state index contributed by atoms with van der Waals surface area (Å²) in [6.07, 6.45) is 3.64. The van der Waals surface area contributed by atoms with Gasteiger partial charge >= 0.3 is 0 Å². The molecule has 86 valence electrons. The zero-order valence-electron chi connectivity index (χ0n) is 8.68. The van der Waals surface area contributed by atoms with Crippen LogP contribution in [0, 0.1) is 0 Å². The van der Waals surface area contributed by atoms with Gasteiger partial charge in [-0.3, -0.25) is 4.68 Å². The van der Waals surface area contributed by atoms with E-state index in [2.05, 4.69) is 15.4 Å². The van der Waals surface area contributed by atoms with E-state index in [4.69, 9.17) is 16.3 Å². The molecule has 16 heavy (non-hydrogen) atoms. The van der Waals surface area contributed by atoms with Crippen LogP contribution in [-0.2, 0) is 11.3 Å². The number of hydrogen-bond donors (Lipinski definition) is 1. The molecular formula is C9H11ClN4OS. The van der Waals surface area contributed by atoms with Gasteiger partial charge in [0.2, 0.25) is 0 Å². The SMILES string of the molecule is COCCn1cc(Nc2nc(Cl)cs2)cn1. The molecule has 0 aliphatic carbocycles. The maximum absolute atomic E-state index is 5.72. The van der Waals surface area contributed by atoms with E-state index in [1.807, 2.05) is 6.20 Å². The molecule has 2 aromatic heterocycles. The minimum absolute atomic E-state index is 0.499. The van der Waals surface area contributed by atoms with Crippen molar-refractivity contribution in [1.82, 2.24) is 14.8 Å². The Hall–Kier alpha value is -1.11. The van der Waals surface area contributed by atoms with Crippen molar-refractivity contribution in [2.45, 2.75) is 6.54 Å². The van der Waals surface area contributed by atoms with Crippen molar-refractivity contribution in [2.24, 2.45) is 0 Å². The maximum Gasteiger partial charge on any atom is 0.188 e. The molecule has 0 fully saturated rings. The number of aromatic nitrogens is 3. The summed E-state index contributed by atoms with van der Waals surface area (Å²) in [5.41, 5.74) is 0.891. The molecule has 0 bridgehead atoms. The highest BCUT2D eigenvalue weighted by Crippen LogP contribution is 2.22. The van der Waals surface area contributed by atoms with Crippen LogP contribution >= 0.6 is 22.9 Å². The highest BCUT2D eigenvalue weighted by Gasteiger charge is 2.02. The molecule has 0 spiro atoms. The van der Waals surface area contributed by atoms with Crippen LogP contribution in [0.1, 0.15) is 0 Å². The molecular weight excluding hydrogens is 248 g/mol. The van der Waals surface area contributed by atoms with Crippen molar-refractivity contribution in [3.63, 3.8) is 0 Å². The summed E-state index contributed by atoms with van der Waals surface area (Å²) in [6.45, 7) is 1.38. The summed E-state index contributed by atoms with van der Waals surface area (Å²) in [5, 5.41) is 10.3. The van der Waals surface area contributed by atoms with E-state index in [1.54, 1.807) is 23.4 Å². The number of nitrogens with one attached hydrogen (secondary N) is 1. The normalized spacial score (nSPS) is 10.6. The standard InChI is InChI=1S/C9H11ClN4OS/c1-15-3-2-14-5-7(4-11-14)12-9-13-8(10)6-16-9/h4-6H,2-3H2,1H3,(H,12,13). The number of nitrogens with zero attached hydrogens (tertiary/aromatic N) is 3. The first kappa shape index (κ1) is 11.4. The molecule has 0 saturated heterocycles. The van der Waals surface area contributed by atoms with Gasteiger partial charge in [0, 0.05) is 18.7 Å². The first-order valence-corrected chi connectivity index (χ1v) is 5.93. The van der Waals surface area contributed by atoms with Crippen LogP contribution in [0.4, 0.5) is 10.8 Å². The third kappa shape index (κ3) is 2.94. The molecule has 2 aromatic rings. The third-order valence-electron chi connectivity index (χ3n) is 1.89. The van der Waals surface area contributed by atoms with Crippen molar-refractivity contribution in [3.8, 4) is 0 Å². The highest BCUT2D eigenvalue weighted by molar-refractivity contribution is 7.14. The van der Waals surface area contributed by atoms with Gasteiger partial charge < -0.3 is 10.1 Å². The van der Waals surface area contributed by atoms with E-state index in [1.165, 1.54) is 11.3 Å². The molecule has 0 amide bonds. The Balaban J connectivity index is 1.97. The molecule has 0 saturated carbocycles. The smallest absolute Gasteiger partial charge is 0.188 e. The second-order valence-corrected chi connectivity index (χ2v) is 4.33. The molecule has 0 aromatic carbocycles. The lowest BCUT2D eigenvalue weighted by atomic mass is 10.6. The van der Waals surface area contributed by atoms with Crippen LogP contribution in [0.3, 0.4) is 0 Å². The fraction of sp³-hybridized carbons (Fsp3) is 0.333. The minimum atomic E-state index is 0.499. The second kappa shape index (κ2) is 5.29.